The van der Waals surface area contributed by atoms with Crippen LogP contribution >= 0.6 is 11.6 Å². The second-order valence-corrected chi connectivity index (χ2v) is 7.01. The topological polar surface area (TPSA) is 51.2 Å². The van der Waals surface area contributed by atoms with Crippen LogP contribution in [0, 0.1) is 16.7 Å². The van der Waals surface area contributed by atoms with Gasteiger partial charge in [-0.25, -0.2) is 4.58 Å². The predicted molar refractivity (Wildman–Crippen MR) is 98.6 cm³/mol. The van der Waals surface area contributed by atoms with Gasteiger partial charge in [-0.2, -0.15) is 5.26 Å². The van der Waals surface area contributed by atoms with Crippen LogP contribution in [-0.2, 0) is 0 Å². The number of nitrogens with zero attached hydrogens (tertiary/aromatic N) is 3. The summed E-state index contributed by atoms with van der Waals surface area (Å²) >= 11 is 5.81. The van der Waals surface area contributed by atoms with Gasteiger partial charge in [-0.1, -0.05) is 32.1 Å². The maximum atomic E-state index is 9.37. The maximum Gasteiger partial charge on any atom is 0.404 e. The molecule has 4 nitrogen and oxygen atoms in total. The molecule has 0 saturated heterocycles. The Morgan fingerprint density at radius 2 is 2.42 bits per heavy atom. The summed E-state index contributed by atoms with van der Waals surface area (Å²) in [7, 11) is 0. The third-order valence-electron chi connectivity index (χ3n) is 5.46. The lowest BCUT2D eigenvalue weighted by Gasteiger charge is -2.48. The number of aliphatic imine (C=N–C) groups is 1. The lowest BCUT2D eigenvalue weighted by Crippen LogP contribution is -2.52. The van der Waals surface area contributed by atoms with Crippen molar-refractivity contribution in [3.05, 3.63) is 35.6 Å². The van der Waals surface area contributed by atoms with E-state index in [-0.39, 0.29) is 17.5 Å². The summed E-state index contributed by atoms with van der Waals surface area (Å²) in [6, 6.07) is 2.54. The largest absolute Gasteiger partial charge is 0.404 e. The van der Waals surface area contributed by atoms with Gasteiger partial charge in [0.15, 0.2) is 17.8 Å². The van der Waals surface area contributed by atoms with Gasteiger partial charge in [-0.05, 0) is 36.9 Å². The molecule has 2 aliphatic heterocycles. The Balaban J connectivity index is 1.99. The fraction of sp³-hybridized carbons (Fsp3) is 0.526. The van der Waals surface area contributed by atoms with Gasteiger partial charge in [0.05, 0.1) is 6.04 Å². The van der Waals surface area contributed by atoms with Gasteiger partial charge in [0.25, 0.3) is 0 Å². The molecule has 0 aromatic carbocycles. The number of allylic oxidation sites excluding steroid dienone is 2. The van der Waals surface area contributed by atoms with E-state index in [1.54, 1.807) is 0 Å². The highest BCUT2D eigenvalue weighted by molar-refractivity contribution is 6.18. The van der Waals surface area contributed by atoms with Crippen molar-refractivity contribution < 1.29 is 4.58 Å². The number of nitriles is 1. The first-order valence-corrected chi connectivity index (χ1v) is 9.10. The van der Waals surface area contributed by atoms with Crippen molar-refractivity contribution in [1.29, 1.82) is 5.26 Å². The van der Waals surface area contributed by atoms with Gasteiger partial charge < -0.3 is 5.32 Å². The van der Waals surface area contributed by atoms with E-state index in [2.05, 4.69) is 44.1 Å². The molecule has 2 atom stereocenters. The Bertz CT molecular complexity index is 716. The molecular weight excluding hydrogens is 320 g/mol. The summed E-state index contributed by atoms with van der Waals surface area (Å²) < 4.78 is 1.94. The molecule has 0 bridgehead atoms. The number of hydrogen-bond donors (Lipinski definition) is 1. The summed E-state index contributed by atoms with van der Waals surface area (Å²) in [5, 5.41) is 13.0. The van der Waals surface area contributed by atoms with Gasteiger partial charge >= 0.3 is 5.84 Å². The normalized spacial score (nSPS) is 25.3. The number of halogens is 1. The van der Waals surface area contributed by atoms with E-state index >= 15 is 0 Å². The van der Waals surface area contributed by atoms with Gasteiger partial charge in [0.1, 0.15) is 6.21 Å². The third kappa shape index (κ3) is 2.66. The van der Waals surface area contributed by atoms with E-state index in [0.29, 0.717) is 11.7 Å². The van der Waals surface area contributed by atoms with E-state index in [4.69, 9.17) is 16.6 Å². The highest BCUT2D eigenvalue weighted by atomic mass is 35.5. The number of amidine groups is 1. The van der Waals surface area contributed by atoms with Crippen molar-refractivity contribution in [3.8, 4) is 6.07 Å². The molecule has 0 amide bonds. The van der Waals surface area contributed by atoms with Crippen molar-refractivity contribution in [3.63, 3.8) is 0 Å². The summed E-state index contributed by atoms with van der Waals surface area (Å²) in [6.07, 6.45) is 9.43. The number of alkyl halides is 1. The lowest BCUT2D eigenvalue weighted by atomic mass is 9.58. The molecule has 0 aromatic heterocycles. The molecule has 126 valence electrons. The molecule has 0 spiro atoms. The zero-order valence-electron chi connectivity index (χ0n) is 14.3. The van der Waals surface area contributed by atoms with Gasteiger partial charge in [0.2, 0.25) is 0 Å². The van der Waals surface area contributed by atoms with Crippen LogP contribution in [0.2, 0.25) is 0 Å². The Morgan fingerprint density at radius 1 is 1.67 bits per heavy atom. The van der Waals surface area contributed by atoms with Crippen LogP contribution in [0.5, 0.6) is 0 Å². The number of rotatable bonds is 7. The van der Waals surface area contributed by atoms with E-state index in [1.165, 1.54) is 12.0 Å². The van der Waals surface area contributed by atoms with Gasteiger partial charge in [-0.3, -0.25) is 0 Å². The fourth-order valence-electron chi connectivity index (χ4n) is 3.89. The summed E-state index contributed by atoms with van der Waals surface area (Å²) in [4.78, 5) is 4.71. The van der Waals surface area contributed by atoms with Crippen LogP contribution < -0.4 is 5.32 Å². The molecule has 1 aliphatic carbocycles. The van der Waals surface area contributed by atoms with Crippen molar-refractivity contribution in [2.24, 2.45) is 10.4 Å². The van der Waals surface area contributed by atoms with Crippen LogP contribution in [-0.4, -0.2) is 41.1 Å². The smallest absolute Gasteiger partial charge is 0.306 e. The molecule has 1 saturated carbocycles. The molecule has 0 radical (unpaired) electrons. The first-order chi connectivity index (χ1) is 11.6. The van der Waals surface area contributed by atoms with Crippen LogP contribution in [0.1, 0.15) is 33.1 Å². The average Bonchev–Trinajstić information content (AvgIpc) is 3.33. The predicted octanol–water partition coefficient (Wildman–Crippen LogP) is 3.16. The minimum Gasteiger partial charge on any atom is -0.306 e. The van der Waals surface area contributed by atoms with E-state index in [1.807, 2.05) is 10.7 Å². The van der Waals surface area contributed by atoms with Crippen LogP contribution in [0.4, 0.5) is 0 Å². The molecule has 5 heteroatoms. The maximum absolute atomic E-state index is 9.37. The third-order valence-corrected chi connectivity index (χ3v) is 5.64. The summed E-state index contributed by atoms with van der Waals surface area (Å²) in [5.74, 6) is 0.991. The monoisotopic (exact) mass is 343 g/mol. The van der Waals surface area contributed by atoms with Crippen molar-refractivity contribution in [1.82, 2.24) is 5.32 Å². The van der Waals surface area contributed by atoms with Crippen LogP contribution in [0.3, 0.4) is 0 Å². The second-order valence-electron chi connectivity index (χ2n) is 6.70. The lowest BCUT2D eigenvalue weighted by molar-refractivity contribution is -0.332. The standard InChI is InChI=1S/C19H24ClN4/c1-4-22-18(19(8-6-9-19)13(2)7-5-10-20)17-14(3)15-12-24(15)16(11-21)23-17/h5,7,12,15,18,22H,2,4,6,8-10H2,1,3H3/q+1. The average molecular weight is 344 g/mol. The van der Waals surface area contributed by atoms with Crippen molar-refractivity contribution in [2.75, 3.05) is 12.4 Å². The molecule has 1 fully saturated rings. The van der Waals surface area contributed by atoms with Gasteiger partial charge in [-0.15, -0.1) is 11.6 Å². The van der Waals surface area contributed by atoms with Gasteiger partial charge in [0, 0.05) is 16.9 Å². The van der Waals surface area contributed by atoms with Crippen LogP contribution in [0.15, 0.2) is 40.6 Å². The van der Waals surface area contributed by atoms with E-state index in [9.17, 15) is 5.26 Å². The van der Waals surface area contributed by atoms with E-state index < -0.39 is 0 Å². The molecule has 0 aromatic rings. The molecule has 1 N–H and O–H groups in total. The summed E-state index contributed by atoms with van der Waals surface area (Å²) in [6.45, 7) is 9.43. The Morgan fingerprint density at radius 3 is 2.96 bits per heavy atom. The first kappa shape index (κ1) is 17.1. The first-order valence-electron chi connectivity index (χ1n) is 8.57. The molecular formula is C19H24ClN4+. The zero-order valence-corrected chi connectivity index (χ0v) is 15.1. The Hall–Kier alpha value is -1.70. The highest BCUT2D eigenvalue weighted by Gasteiger charge is 2.53. The fourth-order valence-corrected chi connectivity index (χ4v) is 3.98. The minimum absolute atomic E-state index is 0.0315. The van der Waals surface area contributed by atoms with Crippen molar-refractivity contribution in [2.45, 2.75) is 45.2 Å². The SMILES string of the molecule is C=C(C=CCCl)C1(C(NCC)C2=C(C)C3C=[N+]3C(C#N)=N2)CCC1. The number of nitrogens with one attached hydrogen (secondary N) is 1. The Kier molecular flexibility index (Phi) is 4.76. The van der Waals surface area contributed by atoms with Crippen LogP contribution in [0.25, 0.3) is 0 Å². The molecule has 3 aliphatic rings. The van der Waals surface area contributed by atoms with Crippen molar-refractivity contribution >= 4 is 23.7 Å². The number of hydrogen-bond acceptors (Lipinski definition) is 3. The number of fused-ring (bicyclic) bond motifs is 1. The quantitative estimate of drug-likeness (QED) is 0.438. The summed E-state index contributed by atoms with van der Waals surface area (Å²) in [5.41, 5.74) is 3.33. The zero-order chi connectivity index (χ0) is 17.3. The molecule has 2 heterocycles. The highest BCUT2D eigenvalue weighted by Crippen LogP contribution is 2.52. The Labute approximate surface area is 148 Å². The van der Waals surface area contributed by atoms with E-state index in [0.717, 1.165) is 30.7 Å². The molecule has 24 heavy (non-hydrogen) atoms. The minimum atomic E-state index is -0.0315. The number of likely N-dealkylation sites (N-methyl/N-ethyl adjacent to an activating group) is 1. The second kappa shape index (κ2) is 6.66. The molecule has 3 rings (SSSR count). The molecule has 2 unspecified atom stereocenters.